The molecule has 3 aromatic heterocycles. The summed E-state index contributed by atoms with van der Waals surface area (Å²) in [5, 5.41) is 8.63. The van der Waals surface area contributed by atoms with Crippen LogP contribution in [0.5, 0.6) is 0 Å². The molecule has 0 bridgehead atoms. The Balaban J connectivity index is 1.68. The molecule has 4 rings (SSSR count). The molecule has 0 atom stereocenters. The minimum absolute atomic E-state index is 0.0955. The van der Waals surface area contributed by atoms with Crippen molar-refractivity contribution >= 4 is 40.0 Å². The monoisotopic (exact) mass is 346 g/mol. The van der Waals surface area contributed by atoms with Gasteiger partial charge in [0.05, 0.1) is 16.2 Å². The Labute approximate surface area is 142 Å². The molecule has 0 fully saturated rings. The van der Waals surface area contributed by atoms with Crippen LogP contribution in [-0.2, 0) is 6.42 Å². The lowest BCUT2D eigenvalue weighted by Gasteiger charge is -2.36. The molecule has 3 aromatic rings. The van der Waals surface area contributed by atoms with Crippen molar-refractivity contribution in [2.75, 3.05) is 18.6 Å². The number of rotatable bonds is 1. The zero-order chi connectivity index (χ0) is 16.1. The second kappa shape index (κ2) is 5.25. The summed E-state index contributed by atoms with van der Waals surface area (Å²) >= 11 is 7.77. The van der Waals surface area contributed by atoms with Gasteiger partial charge in [-0.25, -0.2) is 9.52 Å². The Morgan fingerprint density at radius 1 is 1.35 bits per heavy atom. The first-order chi connectivity index (χ1) is 11.0. The standard InChI is InChI=1S/C16H15ClN4OS/c1-10-7-14-15(23-10)5-6-21(19(14)2)16(22)13-8-12-4-3-11(17)9-20(12)18-13/h3-4,7-9H,5-6H2,1-2H3. The summed E-state index contributed by atoms with van der Waals surface area (Å²) in [5.74, 6) is -0.0955. The van der Waals surface area contributed by atoms with Crippen LogP contribution in [0.1, 0.15) is 20.2 Å². The topological polar surface area (TPSA) is 40.9 Å². The first kappa shape index (κ1) is 14.5. The molecule has 118 valence electrons. The highest BCUT2D eigenvalue weighted by atomic mass is 35.5. The molecule has 0 saturated heterocycles. The number of nitrogens with zero attached hydrogens (tertiary/aromatic N) is 4. The lowest BCUT2D eigenvalue weighted by atomic mass is 10.2. The normalized spacial score (nSPS) is 14.4. The summed E-state index contributed by atoms with van der Waals surface area (Å²) in [6.07, 6.45) is 2.58. The van der Waals surface area contributed by atoms with Crippen molar-refractivity contribution in [3.63, 3.8) is 0 Å². The van der Waals surface area contributed by atoms with E-state index in [-0.39, 0.29) is 5.91 Å². The maximum atomic E-state index is 12.9. The van der Waals surface area contributed by atoms with Gasteiger partial charge in [-0.3, -0.25) is 9.80 Å². The van der Waals surface area contributed by atoms with Crippen molar-refractivity contribution in [3.8, 4) is 0 Å². The van der Waals surface area contributed by atoms with Gasteiger partial charge in [0.1, 0.15) is 0 Å². The van der Waals surface area contributed by atoms with Crippen molar-refractivity contribution < 1.29 is 4.79 Å². The van der Waals surface area contributed by atoms with E-state index in [1.807, 2.05) is 18.1 Å². The SMILES string of the molecule is Cc1cc2c(s1)CCN(C(=O)c1cc3ccc(Cl)cn3n1)N2C. The van der Waals surface area contributed by atoms with E-state index in [0.29, 0.717) is 17.3 Å². The average Bonchev–Trinajstić information content (AvgIpc) is 3.09. The summed E-state index contributed by atoms with van der Waals surface area (Å²) in [6, 6.07) is 7.57. The highest BCUT2D eigenvalue weighted by Gasteiger charge is 2.29. The van der Waals surface area contributed by atoms with E-state index < -0.39 is 0 Å². The maximum Gasteiger partial charge on any atom is 0.292 e. The molecule has 23 heavy (non-hydrogen) atoms. The van der Waals surface area contributed by atoms with Crippen LogP contribution in [0.15, 0.2) is 30.5 Å². The third-order valence-electron chi connectivity index (χ3n) is 4.05. The lowest BCUT2D eigenvalue weighted by Crippen LogP contribution is -2.48. The number of carbonyl (C=O) groups is 1. The summed E-state index contributed by atoms with van der Waals surface area (Å²) in [7, 11) is 1.93. The number of aryl methyl sites for hydroxylation is 1. The van der Waals surface area contributed by atoms with Gasteiger partial charge in [-0.05, 0) is 31.2 Å². The number of hydrogen-bond donors (Lipinski definition) is 0. The number of amides is 1. The first-order valence-electron chi connectivity index (χ1n) is 7.33. The van der Waals surface area contributed by atoms with E-state index in [2.05, 4.69) is 18.1 Å². The zero-order valence-electron chi connectivity index (χ0n) is 12.8. The summed E-state index contributed by atoms with van der Waals surface area (Å²) in [6.45, 7) is 2.76. The van der Waals surface area contributed by atoms with Crippen LogP contribution < -0.4 is 5.01 Å². The lowest BCUT2D eigenvalue weighted by molar-refractivity contribution is 0.0733. The van der Waals surface area contributed by atoms with E-state index in [0.717, 1.165) is 17.6 Å². The van der Waals surface area contributed by atoms with E-state index in [1.165, 1.54) is 9.75 Å². The van der Waals surface area contributed by atoms with Gasteiger partial charge in [0.2, 0.25) is 0 Å². The van der Waals surface area contributed by atoms with Crippen LogP contribution in [0.3, 0.4) is 0 Å². The molecule has 0 N–H and O–H groups in total. The fraction of sp³-hybridized carbons (Fsp3) is 0.250. The molecule has 0 spiro atoms. The molecule has 4 heterocycles. The molecule has 1 aliphatic heterocycles. The predicted molar refractivity (Wildman–Crippen MR) is 92.4 cm³/mol. The molecule has 7 heteroatoms. The van der Waals surface area contributed by atoms with Crippen LogP contribution in [0.25, 0.3) is 5.52 Å². The molecular formula is C16H15ClN4OS. The van der Waals surface area contributed by atoms with Crippen LogP contribution in [-0.4, -0.2) is 34.1 Å². The Morgan fingerprint density at radius 2 is 2.17 bits per heavy atom. The minimum atomic E-state index is -0.0955. The number of pyridine rings is 1. The van der Waals surface area contributed by atoms with Gasteiger partial charge in [-0.2, -0.15) is 5.10 Å². The van der Waals surface area contributed by atoms with E-state index >= 15 is 0 Å². The van der Waals surface area contributed by atoms with Crippen molar-refractivity contribution in [1.82, 2.24) is 14.6 Å². The van der Waals surface area contributed by atoms with E-state index in [9.17, 15) is 4.79 Å². The number of fused-ring (bicyclic) bond motifs is 2. The smallest absolute Gasteiger partial charge is 0.285 e. The summed E-state index contributed by atoms with van der Waals surface area (Å²) in [5.41, 5.74) is 2.39. The van der Waals surface area contributed by atoms with Gasteiger partial charge in [0.15, 0.2) is 5.69 Å². The molecule has 0 aromatic carbocycles. The Bertz CT molecular complexity index is 916. The quantitative estimate of drug-likeness (QED) is 0.678. The number of hydrazine groups is 1. The molecule has 0 saturated carbocycles. The number of hydrogen-bond acceptors (Lipinski definition) is 4. The van der Waals surface area contributed by atoms with Crippen molar-refractivity contribution in [2.45, 2.75) is 13.3 Å². The Morgan fingerprint density at radius 3 is 3.00 bits per heavy atom. The third-order valence-corrected chi connectivity index (χ3v) is 5.37. The number of anilines is 1. The van der Waals surface area contributed by atoms with E-state index in [4.69, 9.17) is 11.6 Å². The molecule has 5 nitrogen and oxygen atoms in total. The summed E-state index contributed by atoms with van der Waals surface area (Å²) < 4.78 is 1.64. The van der Waals surface area contributed by atoms with Gasteiger partial charge in [-0.15, -0.1) is 11.3 Å². The molecule has 0 radical (unpaired) electrons. The second-order valence-corrected chi connectivity index (χ2v) is 7.39. The Hall–Kier alpha value is -2.05. The predicted octanol–water partition coefficient (Wildman–Crippen LogP) is 3.41. The number of thiophene rings is 1. The fourth-order valence-electron chi connectivity index (χ4n) is 2.93. The number of aromatic nitrogens is 2. The van der Waals surface area contributed by atoms with Crippen LogP contribution in [0.2, 0.25) is 5.02 Å². The molecule has 0 unspecified atom stereocenters. The minimum Gasteiger partial charge on any atom is -0.285 e. The zero-order valence-corrected chi connectivity index (χ0v) is 14.4. The maximum absolute atomic E-state index is 12.9. The third kappa shape index (κ3) is 2.38. The Kier molecular flexibility index (Phi) is 3.32. The number of carbonyl (C=O) groups excluding carboxylic acids is 1. The van der Waals surface area contributed by atoms with E-state index in [1.54, 1.807) is 39.2 Å². The van der Waals surface area contributed by atoms with Crippen molar-refractivity contribution in [2.24, 2.45) is 0 Å². The average molecular weight is 347 g/mol. The van der Waals surface area contributed by atoms with Gasteiger partial charge in [0, 0.05) is 36.0 Å². The molecule has 1 aliphatic rings. The molecular weight excluding hydrogens is 332 g/mol. The first-order valence-corrected chi connectivity index (χ1v) is 8.52. The van der Waals surface area contributed by atoms with Gasteiger partial charge < -0.3 is 0 Å². The molecule has 1 amide bonds. The molecule has 0 aliphatic carbocycles. The summed E-state index contributed by atoms with van der Waals surface area (Å²) in [4.78, 5) is 15.5. The van der Waals surface area contributed by atoms with Crippen LogP contribution >= 0.6 is 22.9 Å². The van der Waals surface area contributed by atoms with Gasteiger partial charge in [0.25, 0.3) is 5.91 Å². The second-order valence-electron chi connectivity index (χ2n) is 5.61. The van der Waals surface area contributed by atoms with Crippen LogP contribution in [0, 0.1) is 6.92 Å². The van der Waals surface area contributed by atoms with Gasteiger partial charge >= 0.3 is 0 Å². The highest BCUT2D eigenvalue weighted by Crippen LogP contribution is 2.34. The fourth-order valence-corrected chi connectivity index (χ4v) is 4.13. The largest absolute Gasteiger partial charge is 0.292 e. The van der Waals surface area contributed by atoms with Crippen molar-refractivity contribution in [1.29, 1.82) is 0 Å². The van der Waals surface area contributed by atoms with Crippen molar-refractivity contribution in [3.05, 3.63) is 50.9 Å². The van der Waals surface area contributed by atoms with Gasteiger partial charge in [-0.1, -0.05) is 11.6 Å². The highest BCUT2D eigenvalue weighted by molar-refractivity contribution is 7.12. The number of halogens is 1. The van der Waals surface area contributed by atoms with Crippen LogP contribution in [0.4, 0.5) is 5.69 Å².